The van der Waals surface area contributed by atoms with E-state index in [-0.39, 0.29) is 17.2 Å². The van der Waals surface area contributed by atoms with Gasteiger partial charge in [0.25, 0.3) is 11.8 Å². The van der Waals surface area contributed by atoms with Crippen molar-refractivity contribution in [1.29, 1.82) is 0 Å². The molecule has 2 bridgehead atoms. The minimum absolute atomic E-state index is 0.0357. The van der Waals surface area contributed by atoms with Crippen LogP contribution in [-0.4, -0.2) is 32.8 Å². The summed E-state index contributed by atoms with van der Waals surface area (Å²) in [7, 11) is 0. The average molecular weight is 359 g/mol. The number of hydrogen-bond donors (Lipinski definition) is 1. The van der Waals surface area contributed by atoms with E-state index in [4.69, 9.17) is 4.74 Å². The van der Waals surface area contributed by atoms with Crippen molar-refractivity contribution in [2.45, 2.75) is 85.5 Å². The van der Waals surface area contributed by atoms with Crippen molar-refractivity contribution in [3.63, 3.8) is 0 Å². The first-order valence-corrected chi connectivity index (χ1v) is 10.6. The Hall–Kier alpha value is -1.04. The molecule has 5 rings (SSSR count). The van der Waals surface area contributed by atoms with Gasteiger partial charge in [-0.1, -0.05) is 43.9 Å². The molecule has 3 fully saturated rings. The van der Waals surface area contributed by atoms with Crippen LogP contribution < -0.4 is 0 Å². The van der Waals surface area contributed by atoms with E-state index in [0.29, 0.717) is 0 Å². The Bertz CT molecular complexity index is 704. The number of ether oxygens (including phenoxy) is 1. The van der Waals surface area contributed by atoms with Crippen LogP contribution in [-0.2, 0) is 15.4 Å². The summed E-state index contributed by atoms with van der Waals surface area (Å²) >= 11 is 1.73. The highest BCUT2D eigenvalue weighted by molar-refractivity contribution is 8.00. The Labute approximate surface area is 152 Å². The van der Waals surface area contributed by atoms with Crippen LogP contribution in [0.2, 0.25) is 0 Å². The number of rotatable bonds is 1. The van der Waals surface area contributed by atoms with Gasteiger partial charge in [0.15, 0.2) is 5.60 Å². The van der Waals surface area contributed by atoms with Crippen molar-refractivity contribution < 1.29 is 14.6 Å². The van der Waals surface area contributed by atoms with Crippen molar-refractivity contribution in [1.82, 2.24) is 4.90 Å². The zero-order valence-corrected chi connectivity index (χ0v) is 15.3. The maximum Gasteiger partial charge on any atom is 0.282 e. The van der Waals surface area contributed by atoms with Gasteiger partial charge in [-0.2, -0.15) is 0 Å². The first-order valence-electron chi connectivity index (χ1n) is 9.68. The van der Waals surface area contributed by atoms with Crippen LogP contribution in [0.3, 0.4) is 0 Å². The van der Waals surface area contributed by atoms with Gasteiger partial charge in [-0.15, -0.1) is 11.8 Å². The van der Waals surface area contributed by atoms with Gasteiger partial charge in [0, 0.05) is 21.8 Å². The number of aliphatic hydroxyl groups is 1. The van der Waals surface area contributed by atoms with Gasteiger partial charge in [0.2, 0.25) is 0 Å². The van der Waals surface area contributed by atoms with E-state index in [1.54, 1.807) is 16.7 Å². The SMILES string of the molecule is O=C1N(C2CCCCC2)[C@@]2(O)O[C@@]13CCCC[C@H]3Sc1ccccc12. The lowest BCUT2D eigenvalue weighted by molar-refractivity contribution is -0.294. The molecule has 4 aliphatic rings. The smallest absolute Gasteiger partial charge is 0.282 e. The molecule has 2 aliphatic heterocycles. The zero-order chi connectivity index (χ0) is 17.1. The molecule has 0 unspecified atom stereocenters. The number of carbonyl (C=O) groups excluding carboxylic acids is 1. The summed E-state index contributed by atoms with van der Waals surface area (Å²) in [5.41, 5.74) is -0.0982. The highest BCUT2D eigenvalue weighted by Gasteiger charge is 2.67. The molecule has 25 heavy (non-hydrogen) atoms. The molecule has 0 radical (unpaired) electrons. The summed E-state index contributed by atoms with van der Waals surface area (Å²) in [5, 5.41) is 11.8. The molecule has 1 saturated heterocycles. The van der Waals surface area contributed by atoms with E-state index in [2.05, 4.69) is 6.07 Å². The Balaban J connectivity index is 1.68. The van der Waals surface area contributed by atoms with Gasteiger partial charge in [-0.3, -0.25) is 9.69 Å². The van der Waals surface area contributed by atoms with E-state index < -0.39 is 11.5 Å². The second-order valence-corrected chi connectivity index (χ2v) is 9.16. The third-order valence-corrected chi connectivity index (χ3v) is 7.97. The second kappa shape index (κ2) is 5.73. The fourth-order valence-electron chi connectivity index (χ4n) is 5.24. The number of thioether (sulfide) groups is 1. The molecule has 1 aromatic carbocycles. The number of benzene rings is 1. The van der Waals surface area contributed by atoms with Gasteiger partial charge < -0.3 is 9.84 Å². The first kappa shape index (κ1) is 16.2. The average Bonchev–Trinajstić information content (AvgIpc) is 2.79. The Morgan fingerprint density at radius 1 is 1.08 bits per heavy atom. The topological polar surface area (TPSA) is 49.8 Å². The third kappa shape index (κ3) is 2.18. The second-order valence-electron chi connectivity index (χ2n) is 7.92. The highest BCUT2D eigenvalue weighted by Crippen LogP contribution is 2.57. The highest BCUT2D eigenvalue weighted by atomic mass is 32.2. The Kier molecular flexibility index (Phi) is 3.70. The maximum absolute atomic E-state index is 13.6. The van der Waals surface area contributed by atoms with Gasteiger partial charge >= 0.3 is 0 Å². The molecule has 1 aromatic rings. The van der Waals surface area contributed by atoms with Gasteiger partial charge in [0.1, 0.15) is 0 Å². The number of fused-ring (bicyclic) bond motifs is 3. The molecule has 1 spiro atoms. The van der Waals surface area contributed by atoms with Crippen molar-refractivity contribution >= 4 is 17.7 Å². The van der Waals surface area contributed by atoms with E-state index in [9.17, 15) is 9.90 Å². The summed E-state index contributed by atoms with van der Waals surface area (Å²) in [6.07, 6.45) is 9.21. The van der Waals surface area contributed by atoms with Crippen molar-refractivity contribution in [3.8, 4) is 0 Å². The van der Waals surface area contributed by atoms with E-state index in [0.717, 1.165) is 61.8 Å². The van der Waals surface area contributed by atoms with Crippen LogP contribution in [0.15, 0.2) is 29.2 Å². The third-order valence-electron chi connectivity index (χ3n) is 6.46. The molecule has 3 atom stereocenters. The molecular weight excluding hydrogens is 334 g/mol. The molecule has 0 aromatic heterocycles. The van der Waals surface area contributed by atoms with Crippen molar-refractivity contribution in [3.05, 3.63) is 29.8 Å². The fraction of sp³-hybridized carbons (Fsp3) is 0.650. The molecule has 2 heterocycles. The van der Waals surface area contributed by atoms with E-state index in [1.165, 1.54) is 6.42 Å². The molecule has 2 aliphatic carbocycles. The zero-order valence-electron chi connectivity index (χ0n) is 14.4. The molecule has 1 amide bonds. The number of carbonyl (C=O) groups is 1. The quantitative estimate of drug-likeness (QED) is 0.829. The molecule has 2 saturated carbocycles. The normalized spacial score (nSPS) is 38.2. The van der Waals surface area contributed by atoms with Crippen LogP contribution in [0.25, 0.3) is 0 Å². The monoisotopic (exact) mass is 359 g/mol. The van der Waals surface area contributed by atoms with Crippen LogP contribution in [0.4, 0.5) is 0 Å². The first-order chi connectivity index (χ1) is 12.2. The van der Waals surface area contributed by atoms with Crippen LogP contribution >= 0.6 is 11.8 Å². The lowest BCUT2D eigenvalue weighted by Gasteiger charge is -2.40. The number of hydrogen-bond acceptors (Lipinski definition) is 4. The summed E-state index contributed by atoms with van der Waals surface area (Å²) in [5.74, 6) is -1.57. The molecule has 1 N–H and O–H groups in total. The molecule has 5 heteroatoms. The van der Waals surface area contributed by atoms with Crippen molar-refractivity contribution in [2.24, 2.45) is 0 Å². The van der Waals surface area contributed by atoms with Gasteiger partial charge in [-0.25, -0.2) is 0 Å². The Morgan fingerprint density at radius 2 is 1.84 bits per heavy atom. The van der Waals surface area contributed by atoms with Gasteiger partial charge in [0.05, 0.1) is 0 Å². The lowest BCUT2D eigenvalue weighted by Crippen LogP contribution is -2.54. The number of amides is 1. The Morgan fingerprint density at radius 3 is 2.68 bits per heavy atom. The van der Waals surface area contributed by atoms with Crippen LogP contribution in [0.5, 0.6) is 0 Å². The summed E-state index contributed by atoms with van der Waals surface area (Å²) in [4.78, 5) is 16.4. The standard InChI is InChI=1S/C20H25NO3S/c22-18-19-13-7-6-12-17(19)25-16-11-5-4-10-15(16)20(23,24-19)21(18)14-8-2-1-3-9-14/h4-5,10-11,14,17,23H,1-3,6-9,12-13H2/t17-,19-,20+/m1/s1. The minimum atomic E-state index is -1.60. The minimum Gasteiger partial charge on any atom is -0.345 e. The predicted octanol–water partition coefficient (Wildman–Crippen LogP) is 3.77. The predicted molar refractivity (Wildman–Crippen MR) is 96.0 cm³/mol. The molecule has 4 nitrogen and oxygen atoms in total. The maximum atomic E-state index is 13.6. The van der Waals surface area contributed by atoms with Crippen LogP contribution in [0.1, 0.15) is 63.4 Å². The summed E-state index contributed by atoms with van der Waals surface area (Å²) < 4.78 is 6.42. The molecule has 134 valence electrons. The van der Waals surface area contributed by atoms with E-state index >= 15 is 0 Å². The van der Waals surface area contributed by atoms with Crippen LogP contribution in [0, 0.1) is 0 Å². The largest absolute Gasteiger partial charge is 0.345 e. The number of nitrogens with zero attached hydrogens (tertiary/aromatic N) is 1. The van der Waals surface area contributed by atoms with Gasteiger partial charge in [-0.05, 0) is 38.2 Å². The summed E-state index contributed by atoms with van der Waals surface area (Å²) in [6, 6.07) is 8.03. The fourth-order valence-corrected chi connectivity index (χ4v) is 6.78. The van der Waals surface area contributed by atoms with E-state index in [1.807, 2.05) is 18.2 Å². The van der Waals surface area contributed by atoms with Crippen molar-refractivity contribution in [2.75, 3.05) is 0 Å². The lowest BCUT2D eigenvalue weighted by atomic mass is 9.83. The molecular formula is C20H25NO3S. The summed E-state index contributed by atoms with van der Waals surface area (Å²) in [6.45, 7) is 0.